The second kappa shape index (κ2) is 8.76. The standard InChI is InChI=1S/C23H28O4/c1-6-27-21(24)9-7-8-18(19-12-14(2)10-16(4)22(19)25)20-13-15(3)11-17(5)23(20)26/h7,9-13,18,25-26H,6,8H2,1-5H3/b9-7-. The van der Waals surface area contributed by atoms with Gasteiger partial charge >= 0.3 is 5.97 Å². The number of aromatic hydroxyl groups is 2. The van der Waals surface area contributed by atoms with Crippen LogP contribution in [0.5, 0.6) is 11.5 Å². The Balaban J connectivity index is 2.55. The fraction of sp³-hybridized carbons (Fsp3) is 0.348. The molecule has 0 saturated heterocycles. The van der Waals surface area contributed by atoms with Crippen LogP contribution in [0.4, 0.5) is 0 Å². The minimum atomic E-state index is -0.398. The number of rotatable bonds is 6. The van der Waals surface area contributed by atoms with E-state index in [1.807, 2.05) is 52.0 Å². The summed E-state index contributed by atoms with van der Waals surface area (Å²) < 4.78 is 4.93. The highest BCUT2D eigenvalue weighted by Gasteiger charge is 2.22. The quantitative estimate of drug-likeness (QED) is 0.558. The molecule has 27 heavy (non-hydrogen) atoms. The van der Waals surface area contributed by atoms with Gasteiger partial charge in [0.2, 0.25) is 0 Å². The normalized spacial score (nSPS) is 11.3. The van der Waals surface area contributed by atoms with Crippen LogP contribution in [-0.4, -0.2) is 22.8 Å². The van der Waals surface area contributed by atoms with Crippen LogP contribution in [0.15, 0.2) is 36.4 Å². The Morgan fingerprint density at radius 2 is 1.44 bits per heavy atom. The Bertz CT molecular complexity index is 808. The van der Waals surface area contributed by atoms with E-state index in [2.05, 4.69) is 0 Å². The van der Waals surface area contributed by atoms with Crippen molar-refractivity contribution in [3.63, 3.8) is 0 Å². The first-order valence-corrected chi connectivity index (χ1v) is 9.18. The number of benzene rings is 2. The molecule has 0 atom stereocenters. The van der Waals surface area contributed by atoms with Gasteiger partial charge < -0.3 is 14.9 Å². The van der Waals surface area contributed by atoms with Gasteiger partial charge in [0.25, 0.3) is 0 Å². The van der Waals surface area contributed by atoms with E-state index in [4.69, 9.17) is 4.74 Å². The Morgan fingerprint density at radius 3 is 1.89 bits per heavy atom. The molecule has 0 heterocycles. The van der Waals surface area contributed by atoms with Crippen LogP contribution in [0.3, 0.4) is 0 Å². The Labute approximate surface area is 161 Å². The molecule has 0 aliphatic carbocycles. The summed E-state index contributed by atoms with van der Waals surface area (Å²) in [6.07, 6.45) is 3.58. The van der Waals surface area contributed by atoms with E-state index in [0.29, 0.717) is 13.0 Å². The number of aryl methyl sites for hydroxylation is 4. The van der Waals surface area contributed by atoms with Crippen LogP contribution in [0.1, 0.15) is 52.6 Å². The lowest BCUT2D eigenvalue weighted by atomic mass is 9.84. The van der Waals surface area contributed by atoms with E-state index in [9.17, 15) is 15.0 Å². The van der Waals surface area contributed by atoms with Crippen molar-refractivity contribution in [2.75, 3.05) is 6.61 Å². The molecule has 2 aromatic rings. The lowest BCUT2D eigenvalue weighted by Crippen LogP contribution is -2.05. The van der Waals surface area contributed by atoms with Gasteiger partial charge in [0.15, 0.2) is 0 Å². The van der Waals surface area contributed by atoms with Crippen molar-refractivity contribution < 1.29 is 19.7 Å². The van der Waals surface area contributed by atoms with Gasteiger partial charge in [-0.1, -0.05) is 41.5 Å². The summed E-state index contributed by atoms with van der Waals surface area (Å²) in [7, 11) is 0. The van der Waals surface area contributed by atoms with Crippen LogP contribution in [0.25, 0.3) is 0 Å². The summed E-state index contributed by atoms with van der Waals surface area (Å²) in [6, 6.07) is 7.71. The third kappa shape index (κ3) is 4.91. The van der Waals surface area contributed by atoms with E-state index in [0.717, 1.165) is 33.4 Å². The van der Waals surface area contributed by atoms with E-state index in [1.165, 1.54) is 6.08 Å². The van der Waals surface area contributed by atoms with Crippen molar-refractivity contribution >= 4 is 5.97 Å². The predicted octanol–water partition coefficient (Wildman–Crippen LogP) is 4.97. The number of phenols is 2. The monoisotopic (exact) mass is 368 g/mol. The second-order valence-electron chi connectivity index (χ2n) is 6.98. The molecule has 0 radical (unpaired) electrons. The second-order valence-corrected chi connectivity index (χ2v) is 6.98. The van der Waals surface area contributed by atoms with Crippen LogP contribution in [-0.2, 0) is 9.53 Å². The molecule has 2 N–H and O–H groups in total. The number of hydrogen-bond donors (Lipinski definition) is 2. The number of allylic oxidation sites excluding steroid dienone is 1. The fourth-order valence-electron chi connectivity index (χ4n) is 3.43. The largest absolute Gasteiger partial charge is 0.507 e. The molecular formula is C23H28O4. The molecule has 2 aromatic carbocycles. The molecule has 2 rings (SSSR count). The van der Waals surface area contributed by atoms with Crippen LogP contribution in [0, 0.1) is 27.7 Å². The molecule has 4 heteroatoms. The van der Waals surface area contributed by atoms with E-state index in [-0.39, 0.29) is 17.4 Å². The van der Waals surface area contributed by atoms with Crippen molar-refractivity contribution in [2.45, 2.75) is 47.0 Å². The molecule has 0 aliphatic heterocycles. The maximum atomic E-state index is 11.6. The molecule has 0 aliphatic rings. The highest BCUT2D eigenvalue weighted by molar-refractivity contribution is 5.81. The van der Waals surface area contributed by atoms with Gasteiger partial charge in [0, 0.05) is 23.1 Å². The fourth-order valence-corrected chi connectivity index (χ4v) is 3.43. The summed E-state index contributed by atoms with van der Waals surface area (Å²) in [6.45, 7) is 9.75. The minimum Gasteiger partial charge on any atom is -0.507 e. The zero-order valence-corrected chi connectivity index (χ0v) is 16.7. The molecule has 0 fully saturated rings. The van der Waals surface area contributed by atoms with Crippen LogP contribution < -0.4 is 0 Å². The lowest BCUT2D eigenvalue weighted by molar-refractivity contribution is -0.137. The molecule has 4 nitrogen and oxygen atoms in total. The van der Waals surface area contributed by atoms with Crippen LogP contribution >= 0.6 is 0 Å². The number of hydrogen-bond acceptors (Lipinski definition) is 4. The molecule has 0 amide bonds. The molecule has 0 saturated carbocycles. The maximum Gasteiger partial charge on any atom is 0.330 e. The van der Waals surface area contributed by atoms with Crippen molar-refractivity contribution in [2.24, 2.45) is 0 Å². The summed E-state index contributed by atoms with van der Waals surface area (Å²) in [5.74, 6) is -0.249. The van der Waals surface area contributed by atoms with Crippen molar-refractivity contribution in [1.82, 2.24) is 0 Å². The predicted molar refractivity (Wildman–Crippen MR) is 107 cm³/mol. The van der Waals surface area contributed by atoms with Crippen molar-refractivity contribution in [3.8, 4) is 11.5 Å². The molecule has 0 aromatic heterocycles. The molecule has 0 spiro atoms. The minimum absolute atomic E-state index is 0.216. The van der Waals surface area contributed by atoms with Gasteiger partial charge in [-0.2, -0.15) is 0 Å². The highest BCUT2D eigenvalue weighted by Crippen LogP contribution is 2.41. The third-order valence-corrected chi connectivity index (χ3v) is 4.61. The zero-order valence-electron chi connectivity index (χ0n) is 16.7. The lowest BCUT2D eigenvalue weighted by Gasteiger charge is -2.22. The Hall–Kier alpha value is -2.75. The van der Waals surface area contributed by atoms with Crippen molar-refractivity contribution in [3.05, 3.63) is 69.8 Å². The number of ether oxygens (including phenoxy) is 1. The Morgan fingerprint density at radius 1 is 0.963 bits per heavy atom. The maximum absolute atomic E-state index is 11.6. The Kier molecular flexibility index (Phi) is 6.67. The average molecular weight is 368 g/mol. The van der Waals surface area contributed by atoms with Gasteiger partial charge in [-0.25, -0.2) is 4.79 Å². The summed E-state index contributed by atoms with van der Waals surface area (Å²) in [5, 5.41) is 21.4. The topological polar surface area (TPSA) is 66.8 Å². The van der Waals surface area contributed by atoms with Crippen molar-refractivity contribution in [1.29, 1.82) is 0 Å². The third-order valence-electron chi connectivity index (χ3n) is 4.61. The molecule has 144 valence electrons. The van der Waals surface area contributed by atoms with Gasteiger partial charge in [0.05, 0.1) is 6.61 Å². The number of carbonyl (C=O) groups excluding carboxylic acids is 1. The smallest absolute Gasteiger partial charge is 0.330 e. The number of phenolic OH excluding ortho intramolecular Hbond substituents is 2. The molecular weight excluding hydrogens is 340 g/mol. The first kappa shape index (κ1) is 20.6. The van der Waals surface area contributed by atoms with E-state index < -0.39 is 5.97 Å². The summed E-state index contributed by atoms with van der Waals surface area (Å²) >= 11 is 0. The molecule has 0 bridgehead atoms. The van der Waals surface area contributed by atoms with Crippen LogP contribution in [0.2, 0.25) is 0 Å². The SMILES string of the molecule is CCOC(=O)/C=C\CC(c1cc(C)cc(C)c1O)c1cc(C)cc(C)c1O. The van der Waals surface area contributed by atoms with Gasteiger partial charge in [0.1, 0.15) is 11.5 Å². The first-order valence-electron chi connectivity index (χ1n) is 9.18. The number of carbonyl (C=O) groups is 1. The molecule has 0 unspecified atom stereocenters. The highest BCUT2D eigenvalue weighted by atomic mass is 16.5. The van der Waals surface area contributed by atoms with E-state index >= 15 is 0 Å². The average Bonchev–Trinajstić information content (AvgIpc) is 2.59. The van der Waals surface area contributed by atoms with Gasteiger partial charge in [-0.15, -0.1) is 0 Å². The summed E-state index contributed by atoms with van der Waals surface area (Å²) in [5.41, 5.74) is 5.11. The van der Waals surface area contributed by atoms with Gasteiger partial charge in [-0.05, 0) is 52.2 Å². The van der Waals surface area contributed by atoms with Gasteiger partial charge in [-0.3, -0.25) is 0 Å². The summed E-state index contributed by atoms with van der Waals surface area (Å²) in [4.78, 5) is 11.6. The zero-order chi connectivity index (χ0) is 20.1. The number of esters is 1. The first-order chi connectivity index (χ1) is 12.7. The van der Waals surface area contributed by atoms with E-state index in [1.54, 1.807) is 13.0 Å².